The van der Waals surface area contributed by atoms with Crippen molar-refractivity contribution in [2.75, 3.05) is 13.2 Å². The average Bonchev–Trinajstić information content (AvgIpc) is 3.27. The minimum absolute atomic E-state index is 0.0792. The van der Waals surface area contributed by atoms with Crippen LogP contribution in [0.15, 0.2) is 70.6 Å². The van der Waals surface area contributed by atoms with Gasteiger partial charge in [0.25, 0.3) is 11.1 Å². The molecule has 1 saturated heterocycles. The Kier molecular flexibility index (Phi) is 6.08. The number of H-pyrrole nitrogens is 1. The van der Waals surface area contributed by atoms with Crippen molar-refractivity contribution < 1.29 is 17.9 Å². The summed E-state index contributed by atoms with van der Waals surface area (Å²) in [5, 5.41) is 9.30. The van der Waals surface area contributed by atoms with Gasteiger partial charge in [0.05, 0.1) is 19.3 Å². The zero-order valence-corrected chi connectivity index (χ0v) is 19.6. The van der Waals surface area contributed by atoms with E-state index in [-0.39, 0.29) is 28.4 Å². The summed E-state index contributed by atoms with van der Waals surface area (Å²) in [5.41, 5.74) is 2.24. The maximum Gasteiger partial charge on any atom is 0.481 e. The molecule has 5 rings (SSSR count). The standard InChI is InChI=1S/C26H22F3N5O3/c1-33-11-21(19-7-22(32-24(19)25(33)36)16(9-30)10-31-26(27,28)29)18-8-23(35)34(17-13-37-14-17)12-20(18)15-5-3-2-4-6-15/h2-12,17,30-32H,13-14H2,1H3/b16-10+,30-9?. The van der Waals surface area contributed by atoms with Crippen molar-refractivity contribution in [3.8, 4) is 22.3 Å². The predicted octanol–water partition coefficient (Wildman–Crippen LogP) is 4.03. The van der Waals surface area contributed by atoms with Crippen LogP contribution in [-0.2, 0) is 11.8 Å². The molecule has 190 valence electrons. The number of hydrogen-bond donors (Lipinski definition) is 3. The number of allylic oxidation sites excluding steroid dienone is 1. The highest BCUT2D eigenvalue weighted by Crippen LogP contribution is 2.36. The summed E-state index contributed by atoms with van der Waals surface area (Å²) in [6.45, 7) is 0.868. The second-order valence-electron chi connectivity index (χ2n) is 8.72. The number of aromatic nitrogens is 3. The van der Waals surface area contributed by atoms with Crippen LogP contribution < -0.4 is 16.4 Å². The third-order valence-electron chi connectivity index (χ3n) is 6.29. The lowest BCUT2D eigenvalue weighted by atomic mass is 9.95. The fourth-order valence-electron chi connectivity index (χ4n) is 4.35. The first-order valence-corrected chi connectivity index (χ1v) is 11.3. The Labute approximate surface area is 208 Å². The van der Waals surface area contributed by atoms with Crippen LogP contribution in [0.2, 0.25) is 0 Å². The molecule has 1 aliphatic heterocycles. The molecule has 0 unspecified atom stereocenters. The van der Waals surface area contributed by atoms with E-state index in [9.17, 15) is 22.8 Å². The molecule has 1 aromatic carbocycles. The number of fused-ring (bicyclic) bond motifs is 1. The van der Waals surface area contributed by atoms with Gasteiger partial charge in [-0.25, -0.2) is 0 Å². The summed E-state index contributed by atoms with van der Waals surface area (Å²) in [5.74, 6) is 0. The van der Waals surface area contributed by atoms with Crippen molar-refractivity contribution in [1.82, 2.24) is 19.4 Å². The highest BCUT2D eigenvalue weighted by molar-refractivity contribution is 6.10. The number of ether oxygens (including phenoxy) is 1. The van der Waals surface area contributed by atoms with Gasteiger partial charge in [-0.3, -0.25) is 9.59 Å². The van der Waals surface area contributed by atoms with Crippen molar-refractivity contribution in [2.45, 2.75) is 12.3 Å². The maximum absolute atomic E-state index is 13.1. The van der Waals surface area contributed by atoms with Crippen molar-refractivity contribution in [3.05, 3.63) is 87.5 Å². The summed E-state index contributed by atoms with van der Waals surface area (Å²) >= 11 is 0. The van der Waals surface area contributed by atoms with Gasteiger partial charge in [-0.05, 0) is 17.2 Å². The van der Waals surface area contributed by atoms with Gasteiger partial charge in [0.1, 0.15) is 5.52 Å². The van der Waals surface area contributed by atoms with Crippen molar-refractivity contribution in [3.63, 3.8) is 0 Å². The van der Waals surface area contributed by atoms with Crippen LogP contribution in [0.4, 0.5) is 13.2 Å². The lowest BCUT2D eigenvalue weighted by Gasteiger charge is -2.29. The fraction of sp³-hybridized carbons (Fsp3) is 0.192. The zero-order valence-electron chi connectivity index (χ0n) is 19.6. The minimum atomic E-state index is -4.68. The maximum atomic E-state index is 13.1. The summed E-state index contributed by atoms with van der Waals surface area (Å²) < 4.78 is 46.4. The van der Waals surface area contributed by atoms with Crippen molar-refractivity contribution >= 4 is 22.7 Å². The van der Waals surface area contributed by atoms with Crippen LogP contribution in [0, 0.1) is 5.41 Å². The zero-order chi connectivity index (χ0) is 26.3. The summed E-state index contributed by atoms with van der Waals surface area (Å²) in [4.78, 5) is 28.9. The van der Waals surface area contributed by atoms with Crippen molar-refractivity contribution in [2.24, 2.45) is 7.05 Å². The third kappa shape index (κ3) is 4.60. The number of pyridine rings is 2. The van der Waals surface area contributed by atoms with E-state index in [0.29, 0.717) is 35.9 Å². The van der Waals surface area contributed by atoms with Crippen molar-refractivity contribution in [1.29, 1.82) is 5.41 Å². The van der Waals surface area contributed by atoms with E-state index in [1.807, 2.05) is 30.3 Å². The molecule has 3 aromatic heterocycles. The molecule has 8 nitrogen and oxygen atoms in total. The first-order chi connectivity index (χ1) is 17.7. The monoisotopic (exact) mass is 509 g/mol. The Morgan fingerprint density at radius 2 is 1.84 bits per heavy atom. The Hall–Kier alpha value is -4.38. The second-order valence-corrected chi connectivity index (χ2v) is 8.72. The lowest BCUT2D eigenvalue weighted by molar-refractivity contribution is -0.146. The van der Waals surface area contributed by atoms with E-state index in [2.05, 4.69) is 4.98 Å². The van der Waals surface area contributed by atoms with E-state index in [0.717, 1.165) is 17.3 Å². The van der Waals surface area contributed by atoms with E-state index >= 15 is 0 Å². The second kappa shape index (κ2) is 9.25. The number of benzene rings is 1. The highest BCUT2D eigenvalue weighted by Gasteiger charge is 2.26. The number of aromatic amines is 1. The number of rotatable bonds is 6. The van der Waals surface area contributed by atoms with Gasteiger partial charge in [-0.2, -0.15) is 13.2 Å². The van der Waals surface area contributed by atoms with Gasteiger partial charge in [-0.1, -0.05) is 30.3 Å². The molecule has 0 atom stereocenters. The van der Waals surface area contributed by atoms with Crippen LogP contribution in [0.25, 0.3) is 38.7 Å². The quantitative estimate of drug-likeness (QED) is 0.270. The molecule has 37 heavy (non-hydrogen) atoms. The Morgan fingerprint density at radius 3 is 2.46 bits per heavy atom. The Balaban J connectivity index is 1.76. The normalized spacial score (nSPS) is 14.5. The summed E-state index contributed by atoms with van der Waals surface area (Å²) in [6, 6.07) is 12.4. The molecule has 11 heteroatoms. The molecule has 4 aromatic rings. The first kappa shape index (κ1) is 24.3. The number of alkyl halides is 3. The van der Waals surface area contributed by atoms with Crippen LogP contribution in [0.5, 0.6) is 0 Å². The molecule has 4 heterocycles. The third-order valence-corrected chi connectivity index (χ3v) is 6.29. The Bertz CT molecular complexity index is 1640. The van der Waals surface area contributed by atoms with Crippen LogP contribution in [0.3, 0.4) is 0 Å². The molecule has 0 spiro atoms. The molecule has 0 radical (unpaired) electrons. The Morgan fingerprint density at radius 1 is 1.11 bits per heavy atom. The van der Waals surface area contributed by atoms with Crippen LogP contribution in [0.1, 0.15) is 11.7 Å². The smallest absolute Gasteiger partial charge is 0.377 e. The SMILES string of the molecule is Cn1cc(-c2cc(=O)n(C3COC3)cc2-c2ccccc2)c2cc(/C(C=N)=C/NC(F)(F)F)[nH]c2c1=O. The van der Waals surface area contributed by atoms with E-state index in [1.54, 1.807) is 24.0 Å². The topological polar surface area (TPSA) is 105 Å². The molecule has 1 aliphatic rings. The number of hydrogen-bond acceptors (Lipinski definition) is 5. The van der Waals surface area contributed by atoms with Crippen LogP contribution in [-0.4, -0.2) is 39.8 Å². The highest BCUT2D eigenvalue weighted by atomic mass is 19.4. The number of aryl methyl sites for hydroxylation is 1. The number of nitrogens with zero attached hydrogens (tertiary/aromatic N) is 2. The first-order valence-electron chi connectivity index (χ1n) is 11.3. The molecule has 0 saturated carbocycles. The van der Waals surface area contributed by atoms with Gasteiger partial charge in [-0.15, -0.1) is 0 Å². The van der Waals surface area contributed by atoms with E-state index in [1.165, 1.54) is 22.0 Å². The number of halogens is 3. The van der Waals surface area contributed by atoms with Gasteiger partial charge in [0, 0.05) is 65.7 Å². The van der Waals surface area contributed by atoms with Gasteiger partial charge < -0.3 is 29.6 Å². The van der Waals surface area contributed by atoms with E-state index in [4.69, 9.17) is 10.1 Å². The molecule has 1 fully saturated rings. The molecular formula is C26H22F3N5O3. The predicted molar refractivity (Wildman–Crippen MR) is 134 cm³/mol. The minimum Gasteiger partial charge on any atom is -0.377 e. The molecule has 0 aliphatic carbocycles. The molecule has 3 N–H and O–H groups in total. The van der Waals surface area contributed by atoms with Gasteiger partial charge in [0.2, 0.25) is 0 Å². The van der Waals surface area contributed by atoms with Gasteiger partial charge in [0.15, 0.2) is 0 Å². The fourth-order valence-corrected chi connectivity index (χ4v) is 4.35. The summed E-state index contributed by atoms with van der Waals surface area (Å²) in [7, 11) is 1.56. The largest absolute Gasteiger partial charge is 0.481 e. The molecule has 0 amide bonds. The van der Waals surface area contributed by atoms with Crippen LogP contribution >= 0.6 is 0 Å². The lowest BCUT2D eigenvalue weighted by Crippen LogP contribution is -2.37. The molecular weight excluding hydrogens is 487 g/mol. The van der Waals surface area contributed by atoms with Gasteiger partial charge >= 0.3 is 6.30 Å². The summed E-state index contributed by atoms with van der Waals surface area (Å²) in [6.07, 6.45) is 0.106. The number of nitrogens with one attached hydrogen (secondary N) is 3. The van der Waals surface area contributed by atoms with E-state index < -0.39 is 11.9 Å². The average molecular weight is 509 g/mol. The molecule has 0 bridgehead atoms.